The van der Waals surface area contributed by atoms with Crippen LogP contribution in [0, 0.1) is 0 Å². The number of aromatic nitrogens is 4. The van der Waals surface area contributed by atoms with Gasteiger partial charge in [-0.2, -0.15) is 4.80 Å². The van der Waals surface area contributed by atoms with E-state index in [1.165, 1.54) is 16.6 Å². The van der Waals surface area contributed by atoms with Gasteiger partial charge in [0.1, 0.15) is 9.84 Å². The highest BCUT2D eigenvalue weighted by Crippen LogP contribution is 2.19. The fourth-order valence-electron chi connectivity index (χ4n) is 1.72. The third-order valence-electron chi connectivity index (χ3n) is 2.95. The molecule has 6 nitrogen and oxygen atoms in total. The van der Waals surface area contributed by atoms with E-state index in [2.05, 4.69) is 29.3 Å². The van der Waals surface area contributed by atoms with E-state index in [0.29, 0.717) is 11.7 Å². The number of aryl methyl sites for hydroxylation is 1. The summed E-state index contributed by atoms with van der Waals surface area (Å²) in [5.41, 5.74) is 2.12. The molecule has 108 valence electrons. The number of hydrogen-bond acceptors (Lipinski definition) is 5. The van der Waals surface area contributed by atoms with Crippen LogP contribution in [0.2, 0.25) is 0 Å². The molecule has 20 heavy (non-hydrogen) atoms. The summed E-state index contributed by atoms with van der Waals surface area (Å²) in [6, 6.07) is 7.98. The maximum absolute atomic E-state index is 11.1. The van der Waals surface area contributed by atoms with E-state index in [-0.39, 0.29) is 12.3 Å². The number of benzene rings is 1. The largest absolute Gasteiger partial charge is 0.229 e. The van der Waals surface area contributed by atoms with Crippen molar-refractivity contribution in [2.45, 2.75) is 26.3 Å². The van der Waals surface area contributed by atoms with Crippen molar-refractivity contribution in [2.75, 3.05) is 12.0 Å². The molecule has 1 aromatic carbocycles. The Morgan fingerprint density at radius 2 is 1.85 bits per heavy atom. The number of sulfone groups is 1. The van der Waals surface area contributed by atoms with Crippen LogP contribution in [0.3, 0.4) is 0 Å². The number of nitrogens with zero attached hydrogens (tertiary/aromatic N) is 4. The van der Waals surface area contributed by atoms with Gasteiger partial charge >= 0.3 is 0 Å². The lowest BCUT2D eigenvalue weighted by atomic mass is 10.0. The molecular weight excluding hydrogens is 276 g/mol. The van der Waals surface area contributed by atoms with Gasteiger partial charge < -0.3 is 0 Å². The highest BCUT2D eigenvalue weighted by atomic mass is 32.2. The topological polar surface area (TPSA) is 77.7 Å². The molecule has 0 atom stereocenters. The smallest absolute Gasteiger partial charge is 0.204 e. The van der Waals surface area contributed by atoms with Crippen LogP contribution in [0.25, 0.3) is 11.4 Å². The maximum atomic E-state index is 11.1. The summed E-state index contributed by atoms with van der Waals surface area (Å²) in [7, 11) is -3.02. The van der Waals surface area contributed by atoms with Crippen molar-refractivity contribution in [1.82, 2.24) is 20.2 Å². The van der Waals surface area contributed by atoms with Crippen LogP contribution in [0.1, 0.15) is 25.3 Å². The Balaban J connectivity index is 2.12. The molecule has 1 heterocycles. The zero-order valence-corrected chi connectivity index (χ0v) is 12.6. The van der Waals surface area contributed by atoms with E-state index in [0.717, 1.165) is 5.56 Å². The van der Waals surface area contributed by atoms with E-state index >= 15 is 0 Å². The first-order valence-corrected chi connectivity index (χ1v) is 8.47. The SMILES string of the molecule is CC(C)c1ccc(-c2nnn(CCS(C)(=O)=O)n2)cc1. The van der Waals surface area contributed by atoms with Crippen LogP contribution in [0.5, 0.6) is 0 Å². The lowest BCUT2D eigenvalue weighted by molar-refractivity contribution is 0.540. The lowest BCUT2D eigenvalue weighted by Crippen LogP contribution is -2.13. The molecule has 2 aromatic rings. The number of tetrazole rings is 1. The zero-order chi connectivity index (χ0) is 14.8. The lowest BCUT2D eigenvalue weighted by Gasteiger charge is -2.04. The third-order valence-corrected chi connectivity index (χ3v) is 3.87. The van der Waals surface area contributed by atoms with Crippen LogP contribution in [0.15, 0.2) is 24.3 Å². The molecule has 0 aliphatic carbocycles. The summed E-state index contributed by atoms with van der Waals surface area (Å²) >= 11 is 0. The standard InChI is InChI=1S/C13H18N4O2S/c1-10(2)11-4-6-12(7-5-11)13-14-16-17(15-13)8-9-20(3,18)19/h4-7,10H,8-9H2,1-3H3. The molecule has 0 bridgehead atoms. The quantitative estimate of drug-likeness (QED) is 0.835. The predicted molar refractivity (Wildman–Crippen MR) is 77.1 cm³/mol. The van der Waals surface area contributed by atoms with Gasteiger partial charge in [-0.15, -0.1) is 10.2 Å². The molecule has 0 saturated carbocycles. The summed E-state index contributed by atoms with van der Waals surface area (Å²) in [5.74, 6) is 0.992. The normalized spacial score (nSPS) is 12.0. The maximum Gasteiger partial charge on any atom is 0.204 e. The van der Waals surface area contributed by atoms with Gasteiger partial charge in [0, 0.05) is 11.8 Å². The monoisotopic (exact) mass is 294 g/mol. The van der Waals surface area contributed by atoms with Crippen molar-refractivity contribution in [3.05, 3.63) is 29.8 Å². The van der Waals surface area contributed by atoms with E-state index in [1.807, 2.05) is 24.3 Å². The summed E-state index contributed by atoms with van der Waals surface area (Å²) in [6.45, 7) is 4.49. The Bertz CT molecular complexity index is 675. The Kier molecular flexibility index (Phi) is 4.17. The molecule has 1 aromatic heterocycles. The highest BCUT2D eigenvalue weighted by molar-refractivity contribution is 7.90. The van der Waals surface area contributed by atoms with Crippen LogP contribution < -0.4 is 0 Å². The molecular formula is C13H18N4O2S. The first-order chi connectivity index (χ1) is 9.35. The van der Waals surface area contributed by atoms with Crippen LogP contribution in [0.4, 0.5) is 0 Å². The molecule has 2 rings (SSSR count). The van der Waals surface area contributed by atoms with Gasteiger partial charge in [0.25, 0.3) is 0 Å². The van der Waals surface area contributed by atoms with E-state index in [9.17, 15) is 8.42 Å². The van der Waals surface area contributed by atoms with Gasteiger partial charge in [-0.05, 0) is 16.7 Å². The predicted octanol–water partition coefficient (Wildman–Crippen LogP) is 1.51. The van der Waals surface area contributed by atoms with Gasteiger partial charge in [0.15, 0.2) is 0 Å². The van der Waals surface area contributed by atoms with Crippen molar-refractivity contribution >= 4 is 9.84 Å². The Morgan fingerprint density at radius 1 is 1.20 bits per heavy atom. The van der Waals surface area contributed by atoms with E-state index in [1.54, 1.807) is 0 Å². The van der Waals surface area contributed by atoms with Crippen molar-refractivity contribution in [3.8, 4) is 11.4 Å². The fourth-order valence-corrected chi connectivity index (χ4v) is 2.21. The average molecular weight is 294 g/mol. The molecule has 0 N–H and O–H groups in total. The first-order valence-electron chi connectivity index (χ1n) is 6.41. The number of rotatable bonds is 5. The first kappa shape index (κ1) is 14.6. The fraction of sp³-hybridized carbons (Fsp3) is 0.462. The summed E-state index contributed by atoms with van der Waals surface area (Å²) in [5, 5.41) is 12.0. The molecule has 0 saturated heterocycles. The van der Waals surface area contributed by atoms with E-state index in [4.69, 9.17) is 0 Å². The summed E-state index contributed by atoms with van der Waals surface area (Å²) in [6.07, 6.45) is 1.19. The molecule has 0 amide bonds. The Labute approximate surface area is 118 Å². The molecule has 0 fully saturated rings. The minimum atomic E-state index is -3.02. The van der Waals surface area contributed by atoms with Crippen LogP contribution in [-0.2, 0) is 16.4 Å². The Hall–Kier alpha value is -1.76. The molecule has 0 aliphatic heterocycles. The Morgan fingerprint density at radius 3 is 2.40 bits per heavy atom. The second-order valence-electron chi connectivity index (χ2n) is 5.12. The van der Waals surface area contributed by atoms with Crippen molar-refractivity contribution in [3.63, 3.8) is 0 Å². The molecule has 0 spiro atoms. The van der Waals surface area contributed by atoms with Gasteiger partial charge in [-0.1, -0.05) is 38.1 Å². The number of hydrogen-bond donors (Lipinski definition) is 0. The molecule has 7 heteroatoms. The van der Waals surface area contributed by atoms with Gasteiger partial charge in [-0.25, -0.2) is 8.42 Å². The van der Waals surface area contributed by atoms with Gasteiger partial charge in [-0.3, -0.25) is 0 Å². The second kappa shape index (κ2) is 5.70. The zero-order valence-electron chi connectivity index (χ0n) is 11.8. The van der Waals surface area contributed by atoms with Gasteiger partial charge in [0.2, 0.25) is 5.82 Å². The summed E-state index contributed by atoms with van der Waals surface area (Å²) in [4.78, 5) is 1.31. The minimum absolute atomic E-state index is 0.00902. The van der Waals surface area contributed by atoms with E-state index < -0.39 is 9.84 Å². The second-order valence-corrected chi connectivity index (χ2v) is 7.38. The molecule has 0 aliphatic rings. The molecule has 0 unspecified atom stereocenters. The van der Waals surface area contributed by atoms with Crippen molar-refractivity contribution in [1.29, 1.82) is 0 Å². The van der Waals surface area contributed by atoms with Crippen LogP contribution in [-0.4, -0.2) is 40.6 Å². The van der Waals surface area contributed by atoms with Gasteiger partial charge in [0.05, 0.1) is 12.3 Å². The molecule has 0 radical (unpaired) electrons. The van der Waals surface area contributed by atoms with Crippen molar-refractivity contribution < 1.29 is 8.42 Å². The van der Waals surface area contributed by atoms with Crippen LogP contribution >= 0.6 is 0 Å². The minimum Gasteiger partial charge on any atom is -0.229 e. The van der Waals surface area contributed by atoms with Crippen molar-refractivity contribution in [2.24, 2.45) is 0 Å². The third kappa shape index (κ3) is 3.86. The highest BCUT2D eigenvalue weighted by Gasteiger charge is 2.09. The summed E-state index contributed by atoms with van der Waals surface area (Å²) < 4.78 is 22.2. The average Bonchev–Trinajstić information content (AvgIpc) is 2.84.